The average molecular weight is 339 g/mol. The first kappa shape index (κ1) is 15.0. The molecule has 1 aliphatic carbocycles. The minimum Gasteiger partial charge on any atom is -0.322 e. The number of carbonyl (C=O) groups excluding carboxylic acids is 1. The van der Waals surface area contributed by atoms with Crippen LogP contribution in [-0.4, -0.2) is 26.1 Å². The number of thiophene rings is 1. The number of aromatic nitrogens is 4. The van der Waals surface area contributed by atoms with Gasteiger partial charge in [-0.05, 0) is 53.8 Å². The van der Waals surface area contributed by atoms with Gasteiger partial charge in [0.05, 0.1) is 5.56 Å². The van der Waals surface area contributed by atoms with Crippen molar-refractivity contribution in [3.8, 4) is 11.4 Å². The van der Waals surface area contributed by atoms with Crippen LogP contribution in [-0.2, 0) is 19.9 Å². The van der Waals surface area contributed by atoms with E-state index in [2.05, 4.69) is 20.8 Å². The largest absolute Gasteiger partial charge is 0.322 e. The van der Waals surface area contributed by atoms with E-state index in [0.717, 1.165) is 29.7 Å². The quantitative estimate of drug-likeness (QED) is 0.796. The normalized spacial score (nSPS) is 13.5. The number of nitrogens with one attached hydrogen (secondary N) is 1. The summed E-state index contributed by atoms with van der Waals surface area (Å²) in [6.07, 6.45) is 4.50. The van der Waals surface area contributed by atoms with E-state index < -0.39 is 0 Å². The highest BCUT2D eigenvalue weighted by molar-refractivity contribution is 7.10. The molecule has 1 aromatic carbocycles. The van der Waals surface area contributed by atoms with Crippen molar-refractivity contribution in [3.63, 3.8) is 0 Å². The number of amides is 1. The summed E-state index contributed by atoms with van der Waals surface area (Å²) < 4.78 is 1.61. The van der Waals surface area contributed by atoms with Gasteiger partial charge in [-0.1, -0.05) is 12.1 Å². The monoisotopic (exact) mass is 339 g/mol. The van der Waals surface area contributed by atoms with Crippen molar-refractivity contribution in [1.82, 2.24) is 20.2 Å². The number of tetrazole rings is 1. The molecule has 1 aliphatic rings. The topological polar surface area (TPSA) is 72.7 Å². The summed E-state index contributed by atoms with van der Waals surface area (Å²) in [5.74, 6) is 0.627. The van der Waals surface area contributed by atoms with E-state index in [4.69, 9.17) is 0 Å². The molecule has 24 heavy (non-hydrogen) atoms. The number of anilines is 1. The summed E-state index contributed by atoms with van der Waals surface area (Å²) >= 11 is 1.70. The number of nitrogens with zero attached hydrogens (tertiary/aromatic N) is 4. The van der Waals surface area contributed by atoms with Crippen molar-refractivity contribution in [2.24, 2.45) is 7.05 Å². The first-order valence-electron chi connectivity index (χ1n) is 7.96. The lowest BCUT2D eigenvalue weighted by Crippen LogP contribution is -2.14. The SMILES string of the molecule is Cn1nnnc1-c1cccc(NC(=O)c2csc3c2CCCC3)c1. The summed E-state index contributed by atoms with van der Waals surface area (Å²) in [5.41, 5.74) is 3.67. The molecule has 0 aliphatic heterocycles. The second-order valence-corrected chi connectivity index (χ2v) is 6.88. The lowest BCUT2D eigenvalue weighted by Gasteiger charge is -2.13. The molecule has 122 valence electrons. The molecule has 7 heteroatoms. The van der Waals surface area contributed by atoms with Gasteiger partial charge in [0.15, 0.2) is 5.82 Å². The van der Waals surface area contributed by atoms with Gasteiger partial charge in [-0.3, -0.25) is 4.79 Å². The highest BCUT2D eigenvalue weighted by atomic mass is 32.1. The van der Waals surface area contributed by atoms with Gasteiger partial charge >= 0.3 is 0 Å². The zero-order chi connectivity index (χ0) is 16.5. The minimum absolute atomic E-state index is 0.0392. The molecule has 0 radical (unpaired) electrons. The number of fused-ring (bicyclic) bond motifs is 1. The Kier molecular flexibility index (Phi) is 3.86. The fourth-order valence-corrected chi connectivity index (χ4v) is 4.22. The van der Waals surface area contributed by atoms with E-state index in [-0.39, 0.29) is 5.91 Å². The van der Waals surface area contributed by atoms with Crippen LogP contribution >= 0.6 is 11.3 Å². The Morgan fingerprint density at radius 1 is 1.29 bits per heavy atom. The predicted octanol–water partition coefficient (Wildman–Crippen LogP) is 3.07. The number of benzene rings is 1. The Morgan fingerprint density at radius 3 is 3.00 bits per heavy atom. The first-order valence-corrected chi connectivity index (χ1v) is 8.84. The average Bonchev–Trinajstić information content (AvgIpc) is 3.21. The summed E-state index contributed by atoms with van der Waals surface area (Å²) in [7, 11) is 1.79. The Hall–Kier alpha value is -2.54. The Bertz CT molecular complexity index is 898. The maximum absolute atomic E-state index is 12.7. The lowest BCUT2D eigenvalue weighted by atomic mass is 9.95. The molecule has 0 atom stereocenters. The smallest absolute Gasteiger partial charge is 0.256 e. The lowest BCUT2D eigenvalue weighted by molar-refractivity contribution is 0.102. The molecule has 0 saturated carbocycles. The molecule has 4 rings (SSSR count). The first-order chi connectivity index (χ1) is 11.7. The molecular formula is C17H17N5OS. The molecule has 3 aromatic rings. The third-order valence-corrected chi connectivity index (χ3v) is 5.39. The van der Waals surface area contributed by atoms with Crippen LogP contribution in [0.4, 0.5) is 5.69 Å². The third kappa shape index (κ3) is 2.71. The van der Waals surface area contributed by atoms with Gasteiger partial charge in [-0.25, -0.2) is 4.68 Å². The fourth-order valence-electron chi connectivity index (χ4n) is 3.09. The van der Waals surface area contributed by atoms with Gasteiger partial charge in [-0.2, -0.15) is 0 Å². The van der Waals surface area contributed by atoms with Crippen LogP contribution in [0.1, 0.15) is 33.6 Å². The molecule has 0 fully saturated rings. The highest BCUT2D eigenvalue weighted by Crippen LogP contribution is 2.31. The standard InChI is InChI=1S/C17H17N5OS/c1-22-16(19-20-21-22)11-5-4-6-12(9-11)18-17(23)14-10-24-15-8-3-2-7-13(14)15/h4-6,9-10H,2-3,7-8H2,1H3,(H,18,23). The van der Waals surface area contributed by atoms with Crippen LogP contribution in [0.2, 0.25) is 0 Å². The van der Waals surface area contributed by atoms with Crippen LogP contribution in [0.15, 0.2) is 29.6 Å². The molecule has 6 nitrogen and oxygen atoms in total. The molecule has 0 bridgehead atoms. The summed E-state index contributed by atoms with van der Waals surface area (Å²) in [6.45, 7) is 0. The van der Waals surface area contributed by atoms with Crippen molar-refractivity contribution in [2.75, 3.05) is 5.32 Å². The number of aryl methyl sites for hydroxylation is 2. The minimum atomic E-state index is -0.0392. The zero-order valence-electron chi connectivity index (χ0n) is 13.3. The molecule has 1 N–H and O–H groups in total. The molecule has 1 amide bonds. The molecular weight excluding hydrogens is 322 g/mol. The molecule has 2 heterocycles. The van der Waals surface area contributed by atoms with E-state index in [9.17, 15) is 4.79 Å². The van der Waals surface area contributed by atoms with Crippen LogP contribution in [0.5, 0.6) is 0 Å². The van der Waals surface area contributed by atoms with Crippen LogP contribution in [0, 0.1) is 0 Å². The summed E-state index contributed by atoms with van der Waals surface area (Å²) in [5, 5.41) is 16.5. The Labute approximate surface area is 143 Å². The van der Waals surface area contributed by atoms with Crippen molar-refractivity contribution >= 4 is 22.9 Å². The van der Waals surface area contributed by atoms with E-state index in [1.165, 1.54) is 23.3 Å². The second kappa shape index (κ2) is 6.16. The number of hydrogen-bond acceptors (Lipinski definition) is 5. The number of rotatable bonds is 3. The van der Waals surface area contributed by atoms with Gasteiger partial charge in [0, 0.05) is 28.6 Å². The van der Waals surface area contributed by atoms with Gasteiger partial charge in [0.25, 0.3) is 5.91 Å². The van der Waals surface area contributed by atoms with E-state index in [1.54, 1.807) is 23.1 Å². The third-order valence-electron chi connectivity index (χ3n) is 4.30. The van der Waals surface area contributed by atoms with Crippen molar-refractivity contribution in [2.45, 2.75) is 25.7 Å². The maximum Gasteiger partial charge on any atom is 0.256 e. The summed E-state index contributed by atoms with van der Waals surface area (Å²) in [6, 6.07) is 7.59. The van der Waals surface area contributed by atoms with Crippen LogP contribution in [0.3, 0.4) is 0 Å². The summed E-state index contributed by atoms with van der Waals surface area (Å²) in [4.78, 5) is 14.0. The van der Waals surface area contributed by atoms with Gasteiger partial charge < -0.3 is 5.32 Å². The van der Waals surface area contributed by atoms with Gasteiger partial charge in [0.1, 0.15) is 0 Å². The second-order valence-electron chi connectivity index (χ2n) is 5.92. The Balaban J connectivity index is 1.58. The number of carbonyl (C=O) groups is 1. The molecule has 0 unspecified atom stereocenters. The maximum atomic E-state index is 12.7. The van der Waals surface area contributed by atoms with E-state index >= 15 is 0 Å². The van der Waals surface area contributed by atoms with E-state index in [1.807, 2.05) is 29.6 Å². The molecule has 0 saturated heterocycles. The number of hydrogen-bond donors (Lipinski definition) is 1. The van der Waals surface area contributed by atoms with Gasteiger partial charge in [0.2, 0.25) is 0 Å². The zero-order valence-corrected chi connectivity index (χ0v) is 14.1. The highest BCUT2D eigenvalue weighted by Gasteiger charge is 2.20. The van der Waals surface area contributed by atoms with Crippen molar-refractivity contribution in [3.05, 3.63) is 45.6 Å². The predicted molar refractivity (Wildman–Crippen MR) is 93.1 cm³/mol. The van der Waals surface area contributed by atoms with Crippen molar-refractivity contribution < 1.29 is 4.79 Å². The fraction of sp³-hybridized carbons (Fsp3) is 0.294. The van der Waals surface area contributed by atoms with E-state index in [0.29, 0.717) is 5.82 Å². The van der Waals surface area contributed by atoms with Crippen molar-refractivity contribution in [1.29, 1.82) is 0 Å². The molecule has 2 aromatic heterocycles. The van der Waals surface area contributed by atoms with Crippen LogP contribution in [0.25, 0.3) is 11.4 Å². The van der Waals surface area contributed by atoms with Gasteiger partial charge in [-0.15, -0.1) is 16.4 Å². The molecule has 0 spiro atoms. The van der Waals surface area contributed by atoms with Crippen LogP contribution < -0.4 is 5.32 Å². The Morgan fingerprint density at radius 2 is 2.17 bits per heavy atom.